The lowest BCUT2D eigenvalue weighted by atomic mass is 9.61. The number of amides is 2. The van der Waals surface area contributed by atoms with Crippen molar-refractivity contribution in [2.45, 2.75) is 19.4 Å². The van der Waals surface area contributed by atoms with E-state index in [0.29, 0.717) is 26.1 Å². The van der Waals surface area contributed by atoms with Crippen LogP contribution >= 0.6 is 0 Å². The van der Waals surface area contributed by atoms with E-state index in [1.807, 2.05) is 30.3 Å². The van der Waals surface area contributed by atoms with Crippen LogP contribution in [0.15, 0.2) is 30.3 Å². The maximum atomic E-state index is 11.3. The molecule has 0 bridgehead atoms. The van der Waals surface area contributed by atoms with Gasteiger partial charge in [0, 0.05) is 6.61 Å². The Hall–Kier alpha value is -1.88. The average molecular weight is 262 g/mol. The lowest BCUT2D eigenvalue weighted by Crippen LogP contribution is -2.56. The molecule has 1 aliphatic rings. The Labute approximate surface area is 111 Å². The van der Waals surface area contributed by atoms with Gasteiger partial charge in [0.15, 0.2) is 0 Å². The summed E-state index contributed by atoms with van der Waals surface area (Å²) in [6.45, 7) is 1.04. The predicted molar refractivity (Wildman–Crippen MR) is 69.6 cm³/mol. The van der Waals surface area contributed by atoms with Gasteiger partial charge in [0.1, 0.15) is 5.41 Å². The number of nitrogens with two attached hydrogens (primary N) is 2. The first kappa shape index (κ1) is 13.5. The summed E-state index contributed by atoms with van der Waals surface area (Å²) in [6, 6.07) is 9.82. The van der Waals surface area contributed by atoms with Crippen LogP contribution in [0.5, 0.6) is 0 Å². The van der Waals surface area contributed by atoms with E-state index in [4.69, 9.17) is 16.2 Å². The van der Waals surface area contributed by atoms with Crippen molar-refractivity contribution in [1.29, 1.82) is 0 Å². The zero-order chi connectivity index (χ0) is 13.9. The van der Waals surface area contributed by atoms with Gasteiger partial charge in [0.2, 0.25) is 11.8 Å². The lowest BCUT2D eigenvalue weighted by molar-refractivity contribution is -0.151. The second kappa shape index (κ2) is 5.40. The van der Waals surface area contributed by atoms with Gasteiger partial charge in [-0.3, -0.25) is 9.59 Å². The minimum absolute atomic E-state index is 0.170. The summed E-state index contributed by atoms with van der Waals surface area (Å²) in [5.41, 5.74) is 10.4. The van der Waals surface area contributed by atoms with Crippen LogP contribution in [0.4, 0.5) is 0 Å². The molecule has 0 saturated heterocycles. The molecule has 0 heterocycles. The summed E-state index contributed by atoms with van der Waals surface area (Å²) < 4.78 is 5.57. The largest absolute Gasteiger partial charge is 0.376 e. The minimum atomic E-state index is -1.15. The maximum Gasteiger partial charge on any atom is 0.233 e. The third kappa shape index (κ3) is 2.76. The molecule has 0 unspecified atom stereocenters. The highest BCUT2D eigenvalue weighted by Gasteiger charge is 2.53. The summed E-state index contributed by atoms with van der Waals surface area (Å²) in [4.78, 5) is 22.5. The Bertz CT molecular complexity index is 451. The van der Waals surface area contributed by atoms with Gasteiger partial charge < -0.3 is 16.2 Å². The van der Waals surface area contributed by atoms with Crippen LogP contribution in [0.1, 0.15) is 18.4 Å². The van der Waals surface area contributed by atoms with Crippen LogP contribution in [0.25, 0.3) is 0 Å². The van der Waals surface area contributed by atoms with Gasteiger partial charge >= 0.3 is 0 Å². The molecule has 0 radical (unpaired) electrons. The predicted octanol–water partition coefficient (Wildman–Crippen LogP) is 0.570. The monoisotopic (exact) mass is 262 g/mol. The quantitative estimate of drug-likeness (QED) is 0.734. The molecule has 4 N–H and O–H groups in total. The number of carbonyl (C=O) groups excluding carboxylic acids is 2. The van der Waals surface area contributed by atoms with Gasteiger partial charge in [-0.05, 0) is 24.3 Å². The van der Waals surface area contributed by atoms with Gasteiger partial charge in [-0.25, -0.2) is 0 Å². The number of primary amides is 2. The smallest absolute Gasteiger partial charge is 0.233 e. The second-order valence-corrected chi connectivity index (χ2v) is 5.09. The van der Waals surface area contributed by atoms with Crippen LogP contribution in [0.3, 0.4) is 0 Å². The first-order chi connectivity index (χ1) is 9.04. The molecule has 1 aromatic carbocycles. The highest BCUT2D eigenvalue weighted by molar-refractivity contribution is 6.04. The SMILES string of the molecule is NC(=O)C1(C(N)=O)CC(COCc2ccccc2)C1. The standard InChI is InChI=1S/C14H18N2O3/c15-12(17)14(13(16)18)6-11(7-14)9-19-8-10-4-2-1-3-5-10/h1-5,11H,6-9H2,(H2,15,17)(H2,16,18). The normalized spacial score (nSPS) is 17.7. The highest BCUT2D eigenvalue weighted by Crippen LogP contribution is 2.45. The van der Waals surface area contributed by atoms with Crippen molar-refractivity contribution in [1.82, 2.24) is 0 Å². The third-order valence-corrected chi connectivity index (χ3v) is 3.68. The van der Waals surface area contributed by atoms with Gasteiger partial charge in [-0.2, -0.15) is 0 Å². The first-order valence-corrected chi connectivity index (χ1v) is 6.26. The molecule has 0 aliphatic heterocycles. The molecule has 0 atom stereocenters. The Morgan fingerprint density at radius 2 is 1.74 bits per heavy atom. The molecule has 102 valence electrons. The van der Waals surface area contributed by atoms with E-state index in [-0.39, 0.29) is 5.92 Å². The molecule has 19 heavy (non-hydrogen) atoms. The number of rotatable bonds is 6. The summed E-state index contributed by atoms with van der Waals surface area (Å²) in [5.74, 6) is -1.08. The summed E-state index contributed by atoms with van der Waals surface area (Å²) in [5, 5.41) is 0. The number of benzene rings is 1. The van der Waals surface area contributed by atoms with E-state index in [2.05, 4.69) is 0 Å². The van der Waals surface area contributed by atoms with Crippen molar-refractivity contribution >= 4 is 11.8 Å². The number of ether oxygens (including phenoxy) is 1. The molecule has 0 aromatic heterocycles. The molecule has 2 rings (SSSR count). The molecule has 5 nitrogen and oxygen atoms in total. The van der Waals surface area contributed by atoms with Crippen molar-refractivity contribution in [3.05, 3.63) is 35.9 Å². The van der Waals surface area contributed by atoms with E-state index >= 15 is 0 Å². The van der Waals surface area contributed by atoms with Crippen LogP contribution in [-0.2, 0) is 20.9 Å². The fourth-order valence-electron chi connectivity index (χ4n) is 2.49. The Morgan fingerprint density at radius 1 is 1.16 bits per heavy atom. The zero-order valence-corrected chi connectivity index (χ0v) is 10.7. The Kier molecular flexibility index (Phi) is 3.85. The fourth-order valence-corrected chi connectivity index (χ4v) is 2.49. The van der Waals surface area contributed by atoms with E-state index in [1.54, 1.807) is 0 Å². The third-order valence-electron chi connectivity index (χ3n) is 3.68. The molecule has 0 spiro atoms. The van der Waals surface area contributed by atoms with Crippen molar-refractivity contribution < 1.29 is 14.3 Å². The summed E-state index contributed by atoms with van der Waals surface area (Å²) in [6.07, 6.45) is 0.791. The van der Waals surface area contributed by atoms with Crippen LogP contribution in [-0.4, -0.2) is 18.4 Å². The van der Waals surface area contributed by atoms with Gasteiger partial charge in [0.05, 0.1) is 6.61 Å². The first-order valence-electron chi connectivity index (χ1n) is 6.26. The van der Waals surface area contributed by atoms with Crippen molar-refractivity contribution in [3.8, 4) is 0 Å². The van der Waals surface area contributed by atoms with Crippen LogP contribution in [0.2, 0.25) is 0 Å². The highest BCUT2D eigenvalue weighted by atomic mass is 16.5. The molecule has 5 heteroatoms. The Balaban J connectivity index is 1.76. The molecule has 1 fully saturated rings. The Morgan fingerprint density at radius 3 is 2.26 bits per heavy atom. The summed E-state index contributed by atoms with van der Waals surface area (Å²) in [7, 11) is 0. The molecular formula is C14H18N2O3. The number of carbonyl (C=O) groups is 2. The van der Waals surface area contributed by atoms with E-state index < -0.39 is 17.2 Å². The van der Waals surface area contributed by atoms with Crippen molar-refractivity contribution in [2.75, 3.05) is 6.61 Å². The van der Waals surface area contributed by atoms with E-state index in [1.165, 1.54) is 0 Å². The minimum Gasteiger partial charge on any atom is -0.376 e. The lowest BCUT2D eigenvalue weighted by Gasteiger charge is -2.42. The fraction of sp³-hybridized carbons (Fsp3) is 0.429. The number of hydrogen-bond donors (Lipinski definition) is 2. The van der Waals surface area contributed by atoms with Crippen molar-refractivity contribution in [2.24, 2.45) is 22.8 Å². The molecule has 2 amide bonds. The maximum absolute atomic E-state index is 11.3. The molecule has 1 aliphatic carbocycles. The van der Waals surface area contributed by atoms with Gasteiger partial charge in [0.25, 0.3) is 0 Å². The average Bonchev–Trinajstić information content (AvgIpc) is 2.32. The molecular weight excluding hydrogens is 244 g/mol. The van der Waals surface area contributed by atoms with Crippen LogP contribution in [0, 0.1) is 11.3 Å². The summed E-state index contributed by atoms with van der Waals surface area (Å²) >= 11 is 0. The van der Waals surface area contributed by atoms with E-state index in [0.717, 1.165) is 5.56 Å². The number of hydrogen-bond acceptors (Lipinski definition) is 3. The zero-order valence-electron chi connectivity index (χ0n) is 10.7. The molecule has 1 saturated carbocycles. The van der Waals surface area contributed by atoms with Crippen molar-refractivity contribution in [3.63, 3.8) is 0 Å². The van der Waals surface area contributed by atoms with Gasteiger partial charge in [-0.1, -0.05) is 30.3 Å². The second-order valence-electron chi connectivity index (χ2n) is 5.09. The topological polar surface area (TPSA) is 95.4 Å². The molecule has 1 aromatic rings. The van der Waals surface area contributed by atoms with E-state index in [9.17, 15) is 9.59 Å². The van der Waals surface area contributed by atoms with Crippen LogP contribution < -0.4 is 11.5 Å². The van der Waals surface area contributed by atoms with Gasteiger partial charge in [-0.15, -0.1) is 0 Å².